The highest BCUT2D eigenvalue weighted by Gasteiger charge is 2.23. The zero-order valence-corrected chi connectivity index (χ0v) is 21.4. The number of fused-ring (bicyclic) bond motifs is 1. The van der Waals surface area contributed by atoms with E-state index in [0.29, 0.717) is 56.7 Å². The Morgan fingerprint density at radius 2 is 1.89 bits per heavy atom. The summed E-state index contributed by atoms with van der Waals surface area (Å²) in [4.78, 5) is 25.3. The number of hydrogen-bond acceptors (Lipinski definition) is 7. The summed E-state index contributed by atoms with van der Waals surface area (Å²) in [7, 11) is -3.30. The summed E-state index contributed by atoms with van der Waals surface area (Å²) in [6.07, 6.45) is 4.38. The molecule has 0 spiro atoms. The van der Waals surface area contributed by atoms with Gasteiger partial charge in [0.25, 0.3) is 5.91 Å². The average Bonchev–Trinajstić information content (AvgIpc) is 3.20. The number of sulfone groups is 1. The number of aromatic nitrogens is 2. The molecular weight excluding hydrogens is 470 g/mol. The van der Waals surface area contributed by atoms with Gasteiger partial charge in [-0.3, -0.25) is 9.48 Å². The maximum absolute atomic E-state index is 12.8. The Hall–Kier alpha value is -2.72. The first-order valence-corrected chi connectivity index (χ1v) is 14.0. The minimum atomic E-state index is -3.30. The normalized spacial score (nSPS) is 15.1. The molecule has 0 fully saturated rings. The monoisotopic (exact) mass is 505 g/mol. The SMILES string of the molecule is CCc1nn(CCCCOC(=O)c2ccc(S(=O)(=O)CC)cc2)c2c1C(=O)NCCCOCCC2. The third-order valence-corrected chi connectivity index (χ3v) is 7.72. The van der Waals surface area contributed by atoms with Crippen molar-refractivity contribution in [3.63, 3.8) is 0 Å². The number of carbonyl (C=O) groups is 2. The van der Waals surface area contributed by atoms with Crippen LogP contribution in [0.2, 0.25) is 0 Å². The van der Waals surface area contributed by atoms with E-state index in [1.54, 1.807) is 6.92 Å². The number of hydrogen-bond donors (Lipinski definition) is 1. The summed E-state index contributed by atoms with van der Waals surface area (Å²) in [5.41, 5.74) is 2.74. The molecule has 1 aromatic heterocycles. The van der Waals surface area contributed by atoms with Crippen LogP contribution in [-0.4, -0.2) is 62.2 Å². The Balaban J connectivity index is 1.55. The fourth-order valence-electron chi connectivity index (χ4n) is 3.99. The van der Waals surface area contributed by atoms with Crippen molar-refractivity contribution in [2.75, 3.05) is 32.1 Å². The van der Waals surface area contributed by atoms with Crippen LogP contribution in [0.5, 0.6) is 0 Å². The van der Waals surface area contributed by atoms with Crippen molar-refractivity contribution in [3.05, 3.63) is 46.8 Å². The van der Waals surface area contributed by atoms with Crippen LogP contribution in [0.3, 0.4) is 0 Å². The minimum Gasteiger partial charge on any atom is -0.462 e. The van der Waals surface area contributed by atoms with E-state index in [0.717, 1.165) is 30.7 Å². The van der Waals surface area contributed by atoms with Gasteiger partial charge in [0.05, 0.1) is 39.8 Å². The third kappa shape index (κ3) is 7.14. The maximum Gasteiger partial charge on any atom is 0.338 e. The molecule has 9 nitrogen and oxygen atoms in total. The molecule has 1 N–H and O–H groups in total. The molecule has 35 heavy (non-hydrogen) atoms. The van der Waals surface area contributed by atoms with Crippen LogP contribution in [0, 0.1) is 0 Å². The lowest BCUT2D eigenvalue weighted by Crippen LogP contribution is -2.26. The first-order chi connectivity index (χ1) is 16.9. The quantitative estimate of drug-likeness (QED) is 0.411. The summed E-state index contributed by atoms with van der Waals surface area (Å²) in [6.45, 7) is 6.32. The van der Waals surface area contributed by atoms with Gasteiger partial charge < -0.3 is 14.8 Å². The molecule has 0 bridgehead atoms. The molecule has 0 saturated heterocycles. The molecule has 2 heterocycles. The fourth-order valence-corrected chi connectivity index (χ4v) is 4.87. The van der Waals surface area contributed by atoms with E-state index in [1.165, 1.54) is 24.3 Å². The van der Waals surface area contributed by atoms with E-state index in [2.05, 4.69) is 5.32 Å². The molecular formula is C25H35N3O6S. The van der Waals surface area contributed by atoms with Crippen LogP contribution >= 0.6 is 0 Å². The van der Waals surface area contributed by atoms with E-state index in [1.807, 2.05) is 11.6 Å². The Bertz CT molecular complexity index is 1110. The van der Waals surface area contributed by atoms with Gasteiger partial charge >= 0.3 is 5.97 Å². The summed E-state index contributed by atoms with van der Waals surface area (Å²) in [5.74, 6) is -0.547. The molecule has 0 radical (unpaired) electrons. The summed E-state index contributed by atoms with van der Waals surface area (Å²) < 4.78 is 36.7. The van der Waals surface area contributed by atoms with Crippen molar-refractivity contribution in [1.82, 2.24) is 15.1 Å². The van der Waals surface area contributed by atoms with Gasteiger partial charge in [-0.15, -0.1) is 0 Å². The van der Waals surface area contributed by atoms with E-state index in [9.17, 15) is 18.0 Å². The Kier molecular flexibility index (Phi) is 9.85. The van der Waals surface area contributed by atoms with Crippen LogP contribution in [0.4, 0.5) is 0 Å². The highest BCUT2D eigenvalue weighted by atomic mass is 32.2. The van der Waals surface area contributed by atoms with Gasteiger partial charge in [0.1, 0.15) is 0 Å². The number of unbranched alkanes of at least 4 members (excludes halogenated alkanes) is 1. The van der Waals surface area contributed by atoms with Gasteiger partial charge in [-0.1, -0.05) is 13.8 Å². The van der Waals surface area contributed by atoms with E-state index >= 15 is 0 Å². The second-order valence-corrected chi connectivity index (χ2v) is 10.7. The predicted octanol–water partition coefficient (Wildman–Crippen LogP) is 2.96. The number of benzene rings is 1. The van der Waals surface area contributed by atoms with Crippen molar-refractivity contribution in [1.29, 1.82) is 0 Å². The molecule has 1 aliphatic heterocycles. The largest absolute Gasteiger partial charge is 0.462 e. The number of esters is 1. The molecule has 192 valence electrons. The summed E-state index contributed by atoms with van der Waals surface area (Å²) in [5, 5.41) is 7.68. The predicted molar refractivity (Wildman–Crippen MR) is 131 cm³/mol. The molecule has 1 aliphatic rings. The maximum atomic E-state index is 12.8. The van der Waals surface area contributed by atoms with Crippen molar-refractivity contribution in [2.24, 2.45) is 0 Å². The second-order valence-electron chi connectivity index (χ2n) is 8.44. The summed E-state index contributed by atoms with van der Waals surface area (Å²) >= 11 is 0. The Morgan fingerprint density at radius 3 is 2.60 bits per heavy atom. The fraction of sp³-hybridized carbons (Fsp3) is 0.560. The van der Waals surface area contributed by atoms with Gasteiger partial charge in [0.15, 0.2) is 9.84 Å². The number of aryl methyl sites for hydroxylation is 2. The molecule has 0 atom stereocenters. The molecule has 10 heteroatoms. The van der Waals surface area contributed by atoms with Crippen LogP contribution in [0.25, 0.3) is 0 Å². The second kappa shape index (κ2) is 12.8. The zero-order valence-electron chi connectivity index (χ0n) is 20.5. The van der Waals surface area contributed by atoms with Gasteiger partial charge in [-0.2, -0.15) is 5.10 Å². The molecule has 0 saturated carbocycles. The number of nitrogens with one attached hydrogen (secondary N) is 1. The van der Waals surface area contributed by atoms with Crippen LogP contribution < -0.4 is 5.32 Å². The first kappa shape index (κ1) is 26.9. The zero-order chi connectivity index (χ0) is 25.3. The Morgan fingerprint density at radius 1 is 1.14 bits per heavy atom. The summed E-state index contributed by atoms with van der Waals surface area (Å²) in [6, 6.07) is 5.81. The molecule has 2 aromatic rings. The molecule has 3 rings (SSSR count). The number of nitrogens with zero attached hydrogens (tertiary/aromatic N) is 2. The van der Waals surface area contributed by atoms with Crippen molar-refractivity contribution < 1.29 is 27.5 Å². The van der Waals surface area contributed by atoms with Crippen molar-refractivity contribution in [3.8, 4) is 0 Å². The first-order valence-electron chi connectivity index (χ1n) is 12.3. The van der Waals surface area contributed by atoms with Gasteiger partial charge in [-0.25, -0.2) is 13.2 Å². The topological polar surface area (TPSA) is 117 Å². The number of carbonyl (C=O) groups excluding carboxylic acids is 2. The highest BCUT2D eigenvalue weighted by Crippen LogP contribution is 2.19. The van der Waals surface area contributed by atoms with Crippen molar-refractivity contribution >= 4 is 21.7 Å². The molecule has 1 aromatic carbocycles. The average molecular weight is 506 g/mol. The third-order valence-electron chi connectivity index (χ3n) is 5.97. The van der Waals surface area contributed by atoms with Gasteiger partial charge in [0, 0.05) is 26.3 Å². The lowest BCUT2D eigenvalue weighted by atomic mass is 10.1. The van der Waals surface area contributed by atoms with Crippen molar-refractivity contribution in [2.45, 2.75) is 63.8 Å². The Labute approximate surface area is 207 Å². The molecule has 1 amide bonds. The van der Waals surface area contributed by atoms with Crippen LogP contribution in [0.1, 0.15) is 71.6 Å². The van der Waals surface area contributed by atoms with E-state index < -0.39 is 15.8 Å². The van der Waals surface area contributed by atoms with Crippen LogP contribution in [0.15, 0.2) is 29.2 Å². The lowest BCUT2D eigenvalue weighted by molar-refractivity contribution is 0.0496. The van der Waals surface area contributed by atoms with Gasteiger partial charge in [-0.05, 0) is 62.8 Å². The van der Waals surface area contributed by atoms with E-state index in [-0.39, 0.29) is 23.2 Å². The number of amides is 1. The number of rotatable bonds is 9. The van der Waals surface area contributed by atoms with Crippen LogP contribution in [-0.2, 0) is 38.7 Å². The number of ether oxygens (including phenoxy) is 2. The lowest BCUT2D eigenvalue weighted by Gasteiger charge is -2.10. The van der Waals surface area contributed by atoms with E-state index in [4.69, 9.17) is 14.6 Å². The minimum absolute atomic E-state index is 0.00839. The molecule has 0 unspecified atom stereocenters. The molecule has 0 aliphatic carbocycles. The standard InChI is InChI=1S/C25H35N3O6S/c1-3-21-23-22(9-7-16-33-17-8-14-26-24(23)29)28(27-21)15-5-6-18-34-25(30)19-10-12-20(13-11-19)35(31,32)4-2/h10-13H,3-9,14-18H2,1-2H3,(H,26,29). The smallest absolute Gasteiger partial charge is 0.338 e. The van der Waals surface area contributed by atoms with Gasteiger partial charge in [0.2, 0.25) is 0 Å². The highest BCUT2D eigenvalue weighted by molar-refractivity contribution is 7.91.